The van der Waals surface area contributed by atoms with Gasteiger partial charge in [-0.25, -0.2) is 9.18 Å². The number of nitrogens with zero attached hydrogens (tertiary/aromatic N) is 1. The van der Waals surface area contributed by atoms with Gasteiger partial charge in [0.25, 0.3) is 0 Å². The topological polar surface area (TPSA) is 76.1 Å². The third-order valence-corrected chi connectivity index (χ3v) is 3.41. The van der Waals surface area contributed by atoms with Crippen LogP contribution in [0.3, 0.4) is 0 Å². The number of benzene rings is 2. The maximum atomic E-state index is 13.2. The van der Waals surface area contributed by atoms with Crippen molar-refractivity contribution in [3.8, 4) is 6.07 Å². The molecule has 106 valence electrons. The summed E-state index contributed by atoms with van der Waals surface area (Å²) >= 11 is 3.23. The van der Waals surface area contributed by atoms with Crippen molar-refractivity contribution < 1.29 is 13.9 Å². The van der Waals surface area contributed by atoms with Gasteiger partial charge in [-0.1, -0.05) is 0 Å². The number of rotatable bonds is 3. The number of carbonyl (C=O) groups is 1. The maximum absolute atomic E-state index is 13.2. The lowest BCUT2D eigenvalue weighted by Gasteiger charge is -2.07. The van der Waals surface area contributed by atoms with Crippen LogP contribution in [0.4, 0.5) is 10.1 Å². The Morgan fingerprint density at radius 1 is 1.33 bits per heavy atom. The average Bonchev–Trinajstić information content (AvgIpc) is 2.47. The van der Waals surface area contributed by atoms with E-state index in [0.717, 1.165) is 6.07 Å². The van der Waals surface area contributed by atoms with Crippen molar-refractivity contribution in [3.05, 3.63) is 63.4 Å². The first kappa shape index (κ1) is 15.0. The summed E-state index contributed by atoms with van der Waals surface area (Å²) in [4.78, 5) is 11.9. The predicted octanol–water partition coefficient (Wildman–Crippen LogP) is 3.40. The molecule has 0 aliphatic carbocycles. The van der Waals surface area contributed by atoms with E-state index in [1.54, 1.807) is 12.1 Å². The number of nitrogen functional groups attached to an aromatic ring is 1. The molecule has 0 saturated heterocycles. The Kier molecular flexibility index (Phi) is 4.55. The van der Waals surface area contributed by atoms with Crippen molar-refractivity contribution in [3.63, 3.8) is 0 Å². The highest BCUT2D eigenvalue weighted by Crippen LogP contribution is 2.21. The van der Waals surface area contributed by atoms with Crippen LogP contribution < -0.4 is 5.73 Å². The summed E-state index contributed by atoms with van der Waals surface area (Å²) in [5.74, 6) is -1.12. The monoisotopic (exact) mass is 348 g/mol. The molecule has 0 spiro atoms. The smallest absolute Gasteiger partial charge is 0.338 e. The van der Waals surface area contributed by atoms with E-state index < -0.39 is 11.8 Å². The number of esters is 1. The predicted molar refractivity (Wildman–Crippen MR) is 78.8 cm³/mol. The number of hydrogen-bond donors (Lipinski definition) is 1. The van der Waals surface area contributed by atoms with Crippen molar-refractivity contribution in [1.29, 1.82) is 5.26 Å². The minimum atomic E-state index is -0.572. The first-order valence-electron chi connectivity index (χ1n) is 5.91. The number of ether oxygens (including phenoxy) is 1. The van der Waals surface area contributed by atoms with E-state index in [9.17, 15) is 9.18 Å². The molecule has 4 nitrogen and oxygen atoms in total. The SMILES string of the molecule is N#Cc1cc(F)cc(COC(=O)c2ccc(Br)c(N)c2)c1. The normalized spacial score (nSPS) is 9.95. The third-order valence-electron chi connectivity index (χ3n) is 2.69. The minimum absolute atomic E-state index is 0.124. The molecule has 0 amide bonds. The number of carbonyl (C=O) groups excluding carboxylic acids is 1. The fraction of sp³-hybridized carbons (Fsp3) is 0.0667. The first-order valence-corrected chi connectivity index (χ1v) is 6.70. The van der Waals surface area contributed by atoms with E-state index in [1.165, 1.54) is 18.2 Å². The molecule has 2 aromatic carbocycles. The van der Waals surface area contributed by atoms with E-state index in [-0.39, 0.29) is 12.2 Å². The number of anilines is 1. The second-order valence-corrected chi connectivity index (χ2v) is 5.13. The summed E-state index contributed by atoms with van der Waals surface area (Å²) in [5.41, 5.74) is 6.98. The van der Waals surface area contributed by atoms with Crippen LogP contribution in [0.5, 0.6) is 0 Å². The molecule has 2 N–H and O–H groups in total. The Balaban J connectivity index is 2.09. The van der Waals surface area contributed by atoms with E-state index in [2.05, 4.69) is 15.9 Å². The Labute approximate surface area is 129 Å². The highest BCUT2D eigenvalue weighted by Gasteiger charge is 2.10. The molecule has 0 aliphatic rings. The summed E-state index contributed by atoms with van der Waals surface area (Å²) < 4.78 is 19.0. The van der Waals surface area contributed by atoms with Gasteiger partial charge in [-0.2, -0.15) is 5.26 Å². The zero-order valence-electron chi connectivity index (χ0n) is 10.8. The second-order valence-electron chi connectivity index (χ2n) is 4.27. The standard InChI is InChI=1S/C15H10BrFN2O2/c16-13-2-1-11(6-14(13)19)15(20)21-8-10-3-9(7-18)4-12(17)5-10/h1-6H,8,19H2. The zero-order chi connectivity index (χ0) is 15.4. The van der Waals surface area contributed by atoms with E-state index >= 15 is 0 Å². The fourth-order valence-electron chi connectivity index (χ4n) is 1.70. The molecule has 0 fully saturated rings. The molecule has 6 heteroatoms. The molecule has 0 bridgehead atoms. The Bertz CT molecular complexity index is 741. The molecule has 0 radical (unpaired) electrons. The van der Waals surface area contributed by atoms with E-state index in [0.29, 0.717) is 21.3 Å². The van der Waals surface area contributed by atoms with Crippen LogP contribution in [0.25, 0.3) is 0 Å². The first-order chi connectivity index (χ1) is 9.99. The average molecular weight is 349 g/mol. The van der Waals surface area contributed by atoms with Crippen molar-refractivity contribution in [2.45, 2.75) is 6.61 Å². The van der Waals surface area contributed by atoms with Gasteiger partial charge in [0.2, 0.25) is 0 Å². The van der Waals surface area contributed by atoms with Crippen LogP contribution in [-0.2, 0) is 11.3 Å². The molecule has 0 aliphatic heterocycles. The van der Waals surface area contributed by atoms with Gasteiger partial charge in [0.15, 0.2) is 0 Å². The highest BCUT2D eigenvalue weighted by molar-refractivity contribution is 9.10. The highest BCUT2D eigenvalue weighted by atomic mass is 79.9. The summed E-state index contributed by atoms with van der Waals surface area (Å²) in [7, 11) is 0. The summed E-state index contributed by atoms with van der Waals surface area (Å²) in [6, 6.07) is 10.3. The van der Waals surface area contributed by atoms with Gasteiger partial charge in [-0.3, -0.25) is 0 Å². The lowest BCUT2D eigenvalue weighted by molar-refractivity contribution is 0.0472. The van der Waals surface area contributed by atoms with Crippen LogP contribution in [0.15, 0.2) is 40.9 Å². The van der Waals surface area contributed by atoms with E-state index in [1.807, 2.05) is 6.07 Å². The van der Waals surface area contributed by atoms with Crippen LogP contribution >= 0.6 is 15.9 Å². The van der Waals surface area contributed by atoms with Gasteiger partial charge in [-0.05, 0) is 57.9 Å². The number of nitriles is 1. The number of nitrogens with two attached hydrogens (primary N) is 1. The Morgan fingerprint density at radius 3 is 2.76 bits per heavy atom. The second kappa shape index (κ2) is 6.37. The van der Waals surface area contributed by atoms with Gasteiger partial charge in [0, 0.05) is 10.2 Å². The largest absolute Gasteiger partial charge is 0.457 e. The molecule has 0 saturated carbocycles. The fourth-order valence-corrected chi connectivity index (χ4v) is 1.95. The molecule has 2 aromatic rings. The molecular formula is C15H10BrFN2O2. The third kappa shape index (κ3) is 3.80. The van der Waals surface area contributed by atoms with Gasteiger partial charge >= 0.3 is 5.97 Å². The van der Waals surface area contributed by atoms with Gasteiger partial charge in [0.1, 0.15) is 12.4 Å². The Hall–Kier alpha value is -2.39. The molecule has 0 atom stereocenters. The lowest BCUT2D eigenvalue weighted by atomic mass is 10.1. The van der Waals surface area contributed by atoms with Crippen LogP contribution in [0.2, 0.25) is 0 Å². The molecule has 0 unspecified atom stereocenters. The van der Waals surface area contributed by atoms with Crippen LogP contribution in [0.1, 0.15) is 21.5 Å². The summed E-state index contributed by atoms with van der Waals surface area (Å²) in [6.07, 6.45) is 0. The lowest BCUT2D eigenvalue weighted by Crippen LogP contribution is -2.06. The molecule has 0 aromatic heterocycles. The molecule has 21 heavy (non-hydrogen) atoms. The molecule has 0 heterocycles. The van der Waals surface area contributed by atoms with Crippen molar-refractivity contribution >= 4 is 27.6 Å². The number of hydrogen-bond acceptors (Lipinski definition) is 4. The van der Waals surface area contributed by atoms with Gasteiger partial charge in [0.05, 0.1) is 17.2 Å². The zero-order valence-corrected chi connectivity index (χ0v) is 12.4. The molecular weight excluding hydrogens is 339 g/mol. The Morgan fingerprint density at radius 2 is 2.10 bits per heavy atom. The number of halogens is 2. The van der Waals surface area contributed by atoms with Crippen molar-refractivity contribution in [2.24, 2.45) is 0 Å². The van der Waals surface area contributed by atoms with Crippen molar-refractivity contribution in [1.82, 2.24) is 0 Å². The minimum Gasteiger partial charge on any atom is -0.457 e. The summed E-state index contributed by atoms with van der Waals surface area (Å²) in [6.45, 7) is -0.124. The maximum Gasteiger partial charge on any atom is 0.338 e. The van der Waals surface area contributed by atoms with Crippen LogP contribution in [-0.4, -0.2) is 5.97 Å². The van der Waals surface area contributed by atoms with E-state index in [4.69, 9.17) is 15.7 Å². The molecule has 2 rings (SSSR count). The quantitative estimate of drug-likeness (QED) is 0.681. The summed E-state index contributed by atoms with van der Waals surface area (Å²) in [5, 5.41) is 8.76. The van der Waals surface area contributed by atoms with Crippen LogP contribution in [0, 0.1) is 17.1 Å². The van der Waals surface area contributed by atoms with Gasteiger partial charge < -0.3 is 10.5 Å². The van der Waals surface area contributed by atoms with Gasteiger partial charge in [-0.15, -0.1) is 0 Å². The van der Waals surface area contributed by atoms with Crippen molar-refractivity contribution in [2.75, 3.05) is 5.73 Å².